The average molecular weight is 358 g/mol. The van der Waals surface area contributed by atoms with Crippen molar-refractivity contribution >= 4 is 17.0 Å². The van der Waals surface area contributed by atoms with Gasteiger partial charge in [0.15, 0.2) is 0 Å². The van der Waals surface area contributed by atoms with Crippen LogP contribution < -0.4 is 0 Å². The van der Waals surface area contributed by atoms with E-state index in [1.165, 1.54) is 6.20 Å². The number of nitrogens with zero attached hydrogens (tertiary/aromatic N) is 4. The molecule has 27 heavy (non-hydrogen) atoms. The van der Waals surface area contributed by atoms with Crippen molar-refractivity contribution < 1.29 is 9.32 Å². The Kier molecular flexibility index (Phi) is 4.38. The first-order valence-electron chi connectivity index (χ1n) is 8.60. The average Bonchev–Trinajstić information content (AvgIpc) is 3.09. The predicted octanol–water partition coefficient (Wildman–Crippen LogP) is 3.79. The van der Waals surface area contributed by atoms with Crippen LogP contribution in [-0.4, -0.2) is 33.0 Å². The van der Waals surface area contributed by atoms with Crippen molar-refractivity contribution in [3.05, 3.63) is 89.5 Å². The summed E-state index contributed by atoms with van der Waals surface area (Å²) >= 11 is 0. The number of carbonyl (C=O) groups is 1. The van der Waals surface area contributed by atoms with Crippen molar-refractivity contribution in [2.75, 3.05) is 7.05 Å². The van der Waals surface area contributed by atoms with E-state index in [1.54, 1.807) is 24.2 Å². The summed E-state index contributed by atoms with van der Waals surface area (Å²) in [5.74, 6) is -0.149. The molecule has 0 spiro atoms. The number of hydrogen-bond donors (Lipinski definition) is 0. The Morgan fingerprint density at radius 3 is 2.59 bits per heavy atom. The quantitative estimate of drug-likeness (QED) is 0.555. The van der Waals surface area contributed by atoms with Crippen molar-refractivity contribution in [2.24, 2.45) is 0 Å². The van der Waals surface area contributed by atoms with E-state index in [0.717, 1.165) is 16.6 Å². The highest BCUT2D eigenvalue weighted by Gasteiger charge is 2.26. The van der Waals surface area contributed by atoms with E-state index in [1.807, 2.05) is 55.5 Å². The van der Waals surface area contributed by atoms with Crippen LogP contribution in [0.3, 0.4) is 0 Å². The molecule has 6 heteroatoms. The molecule has 0 aliphatic carbocycles. The molecule has 3 heterocycles. The summed E-state index contributed by atoms with van der Waals surface area (Å²) in [6.07, 6.45) is 3.25. The highest BCUT2D eigenvalue weighted by molar-refractivity contribution is 5.97. The van der Waals surface area contributed by atoms with Gasteiger partial charge in [0.1, 0.15) is 0 Å². The lowest BCUT2D eigenvalue weighted by molar-refractivity contribution is 0.0752. The Balaban J connectivity index is 1.75. The zero-order chi connectivity index (χ0) is 18.8. The highest BCUT2D eigenvalue weighted by Crippen LogP contribution is 2.28. The summed E-state index contributed by atoms with van der Waals surface area (Å²) in [5, 5.41) is 4.64. The van der Waals surface area contributed by atoms with E-state index in [-0.39, 0.29) is 11.9 Å². The van der Waals surface area contributed by atoms with Crippen LogP contribution in [0.25, 0.3) is 11.1 Å². The molecule has 6 nitrogen and oxygen atoms in total. The third-order valence-electron chi connectivity index (χ3n) is 4.55. The number of pyridine rings is 2. The van der Waals surface area contributed by atoms with E-state index in [4.69, 9.17) is 4.52 Å². The molecular formula is C21H18N4O2. The lowest BCUT2D eigenvalue weighted by atomic mass is 10.0. The van der Waals surface area contributed by atoms with Crippen LogP contribution in [0.1, 0.15) is 33.4 Å². The number of carbonyl (C=O) groups excluding carboxylic acids is 1. The Morgan fingerprint density at radius 2 is 1.85 bits per heavy atom. The molecule has 0 aliphatic heterocycles. The third kappa shape index (κ3) is 3.17. The monoisotopic (exact) mass is 358 g/mol. The van der Waals surface area contributed by atoms with Crippen molar-refractivity contribution in [3.8, 4) is 0 Å². The van der Waals surface area contributed by atoms with Gasteiger partial charge in [-0.25, -0.2) is 4.98 Å². The second kappa shape index (κ2) is 6.99. The smallest absolute Gasteiger partial charge is 0.257 e. The van der Waals surface area contributed by atoms with Gasteiger partial charge in [-0.1, -0.05) is 41.6 Å². The first kappa shape index (κ1) is 16.9. The van der Waals surface area contributed by atoms with E-state index in [9.17, 15) is 4.79 Å². The first-order valence-corrected chi connectivity index (χ1v) is 8.60. The minimum Gasteiger partial charge on any atom is -0.336 e. The summed E-state index contributed by atoms with van der Waals surface area (Å²) in [4.78, 5) is 23.6. The number of aromatic nitrogens is 3. The molecule has 1 amide bonds. The van der Waals surface area contributed by atoms with Crippen molar-refractivity contribution in [3.63, 3.8) is 0 Å². The predicted molar refractivity (Wildman–Crippen MR) is 101 cm³/mol. The molecule has 0 saturated carbocycles. The van der Waals surface area contributed by atoms with E-state index in [0.29, 0.717) is 17.0 Å². The largest absolute Gasteiger partial charge is 0.336 e. The van der Waals surface area contributed by atoms with Gasteiger partial charge in [-0.05, 0) is 30.7 Å². The van der Waals surface area contributed by atoms with Gasteiger partial charge in [0, 0.05) is 19.4 Å². The molecule has 1 aromatic carbocycles. The molecule has 0 unspecified atom stereocenters. The second-order valence-electron chi connectivity index (χ2n) is 6.33. The number of rotatable bonds is 4. The maximum Gasteiger partial charge on any atom is 0.257 e. The summed E-state index contributed by atoms with van der Waals surface area (Å²) in [6.45, 7) is 1.83. The van der Waals surface area contributed by atoms with Gasteiger partial charge in [-0.15, -0.1) is 0 Å². The van der Waals surface area contributed by atoms with Gasteiger partial charge in [-0.2, -0.15) is 0 Å². The number of hydrogen-bond acceptors (Lipinski definition) is 5. The first-order chi connectivity index (χ1) is 13.1. The second-order valence-corrected chi connectivity index (χ2v) is 6.33. The molecule has 0 radical (unpaired) electrons. The Labute approximate surface area is 156 Å². The fraction of sp³-hybridized carbons (Fsp3) is 0.143. The normalized spacial score (nSPS) is 12.1. The SMILES string of the molecule is Cc1noc2ncc(C(=O)N(C)[C@@H](c3ccccc3)c3ccccn3)cc12. The maximum atomic E-state index is 13.2. The minimum atomic E-state index is -0.306. The van der Waals surface area contributed by atoms with Crippen molar-refractivity contribution in [1.82, 2.24) is 20.0 Å². The maximum absolute atomic E-state index is 13.2. The molecule has 0 fully saturated rings. The van der Waals surface area contributed by atoms with Crippen LogP contribution in [0.15, 0.2) is 71.5 Å². The van der Waals surface area contributed by atoms with Gasteiger partial charge < -0.3 is 9.42 Å². The third-order valence-corrected chi connectivity index (χ3v) is 4.55. The standard InChI is InChI=1S/C21H18N4O2/c1-14-17-12-16(13-23-20(17)27-24-14)21(26)25(2)19(15-8-4-3-5-9-15)18-10-6-7-11-22-18/h3-13,19H,1-2H3/t19-/m0/s1. The zero-order valence-electron chi connectivity index (χ0n) is 15.0. The molecule has 0 N–H and O–H groups in total. The lowest BCUT2D eigenvalue weighted by Gasteiger charge is -2.28. The van der Waals surface area contributed by atoms with Crippen molar-refractivity contribution in [1.29, 1.82) is 0 Å². The van der Waals surface area contributed by atoms with Crippen LogP contribution in [0, 0.1) is 6.92 Å². The summed E-state index contributed by atoms with van der Waals surface area (Å²) in [5.41, 5.74) is 3.40. The molecule has 1 atom stereocenters. The zero-order valence-corrected chi connectivity index (χ0v) is 15.0. The van der Waals surface area contributed by atoms with Crippen molar-refractivity contribution in [2.45, 2.75) is 13.0 Å². The Bertz CT molecular complexity index is 1040. The van der Waals surface area contributed by atoms with Gasteiger partial charge in [-0.3, -0.25) is 9.78 Å². The van der Waals surface area contributed by atoms with E-state index in [2.05, 4.69) is 15.1 Å². The van der Waals surface area contributed by atoms with E-state index < -0.39 is 0 Å². The topological polar surface area (TPSA) is 72.1 Å². The Hall–Kier alpha value is -3.54. The van der Waals surface area contributed by atoms with E-state index >= 15 is 0 Å². The summed E-state index contributed by atoms with van der Waals surface area (Å²) in [7, 11) is 1.78. The van der Waals surface area contributed by atoms with Gasteiger partial charge in [0.25, 0.3) is 11.6 Å². The molecule has 0 aliphatic rings. The molecule has 4 rings (SSSR count). The summed E-state index contributed by atoms with van der Waals surface area (Å²) < 4.78 is 5.13. The van der Waals surface area contributed by atoms with Crippen LogP contribution in [0.5, 0.6) is 0 Å². The number of amides is 1. The van der Waals surface area contributed by atoms with Crippen LogP contribution in [-0.2, 0) is 0 Å². The molecule has 4 aromatic rings. The number of benzene rings is 1. The molecular weight excluding hydrogens is 340 g/mol. The molecule has 0 saturated heterocycles. The van der Waals surface area contributed by atoms with Gasteiger partial charge >= 0.3 is 0 Å². The highest BCUT2D eigenvalue weighted by atomic mass is 16.5. The van der Waals surface area contributed by atoms with Crippen LogP contribution in [0.4, 0.5) is 0 Å². The fourth-order valence-corrected chi connectivity index (χ4v) is 3.15. The van der Waals surface area contributed by atoms with Gasteiger partial charge in [0.2, 0.25) is 0 Å². The fourth-order valence-electron chi connectivity index (χ4n) is 3.15. The molecule has 134 valence electrons. The molecule has 3 aromatic heterocycles. The van der Waals surface area contributed by atoms with Gasteiger partial charge in [0.05, 0.1) is 28.4 Å². The number of aryl methyl sites for hydroxylation is 1. The number of fused-ring (bicyclic) bond motifs is 1. The van der Waals surface area contributed by atoms with Crippen LogP contribution in [0.2, 0.25) is 0 Å². The summed E-state index contributed by atoms with van der Waals surface area (Å²) in [6, 6.07) is 17.0. The minimum absolute atomic E-state index is 0.149. The molecule has 0 bridgehead atoms. The van der Waals surface area contributed by atoms with Crippen LogP contribution >= 0.6 is 0 Å². The lowest BCUT2D eigenvalue weighted by Crippen LogP contribution is -2.32. The Morgan fingerprint density at radius 1 is 1.07 bits per heavy atom.